The zero-order valence-electron chi connectivity index (χ0n) is 15.6. The van der Waals surface area contributed by atoms with Crippen molar-refractivity contribution >= 4 is 17.6 Å². The number of rotatable bonds is 8. The summed E-state index contributed by atoms with van der Waals surface area (Å²) in [5.74, 6) is -0.947. The van der Waals surface area contributed by atoms with Crippen LogP contribution in [0.4, 0.5) is 0 Å². The average Bonchev–Trinajstić information content (AvgIpc) is 2.74. The number of nitrogens with zero attached hydrogens (tertiary/aromatic N) is 1. The van der Waals surface area contributed by atoms with Crippen molar-refractivity contribution in [3.63, 3.8) is 0 Å². The predicted molar refractivity (Wildman–Crippen MR) is 110 cm³/mol. The molecule has 0 radical (unpaired) electrons. The van der Waals surface area contributed by atoms with Gasteiger partial charge in [0.25, 0.3) is 0 Å². The predicted octanol–water partition coefficient (Wildman–Crippen LogP) is 3.26. The minimum absolute atomic E-state index is 0.0879. The van der Waals surface area contributed by atoms with E-state index in [1.165, 1.54) is 0 Å². The van der Waals surface area contributed by atoms with Crippen molar-refractivity contribution in [2.24, 2.45) is 5.10 Å². The number of benzene rings is 3. The van der Waals surface area contributed by atoms with Crippen LogP contribution in [0, 0.1) is 0 Å². The van der Waals surface area contributed by atoms with Gasteiger partial charge in [0.05, 0.1) is 12.1 Å². The summed E-state index contributed by atoms with van der Waals surface area (Å²) in [7, 11) is 0. The second-order valence-corrected chi connectivity index (χ2v) is 6.23. The summed E-state index contributed by atoms with van der Waals surface area (Å²) in [5, 5.41) is 13.0. The Morgan fingerprint density at radius 2 is 1.48 bits per heavy atom. The Hall–Kier alpha value is -3.93. The van der Waals surface area contributed by atoms with Crippen molar-refractivity contribution in [2.45, 2.75) is 6.42 Å². The molecule has 0 atom stereocenters. The summed E-state index contributed by atoms with van der Waals surface area (Å²) in [6, 6.07) is 26.0. The summed E-state index contributed by atoms with van der Waals surface area (Å²) in [4.78, 5) is 23.0. The zero-order chi connectivity index (χ0) is 20.5. The SMILES string of the molecule is O=C(O)COc1cccc(CC(=O)NN=C(c2ccccc2)c2ccccc2)c1. The van der Waals surface area contributed by atoms with Crippen LogP contribution in [-0.2, 0) is 16.0 Å². The topological polar surface area (TPSA) is 88.0 Å². The number of amides is 1. The molecule has 0 aliphatic heterocycles. The molecule has 3 aromatic rings. The molecule has 0 saturated carbocycles. The molecule has 0 aliphatic carbocycles. The number of ether oxygens (including phenoxy) is 1. The standard InChI is InChI=1S/C23H20N2O4/c26-21(15-17-8-7-13-20(14-17)29-16-22(27)28)24-25-23(18-9-3-1-4-10-18)19-11-5-2-6-12-19/h1-14H,15-16H2,(H,24,26)(H,27,28). The Morgan fingerprint density at radius 1 is 0.862 bits per heavy atom. The number of carboxylic acids is 1. The van der Waals surface area contributed by atoms with Crippen LogP contribution in [0.3, 0.4) is 0 Å². The fourth-order valence-corrected chi connectivity index (χ4v) is 2.72. The Morgan fingerprint density at radius 3 is 2.07 bits per heavy atom. The lowest BCUT2D eigenvalue weighted by atomic mass is 10.0. The quantitative estimate of drug-likeness (QED) is 0.458. The second kappa shape index (κ2) is 9.85. The van der Waals surface area contributed by atoms with Crippen LogP contribution < -0.4 is 10.2 Å². The molecule has 6 nitrogen and oxygen atoms in total. The molecule has 146 valence electrons. The smallest absolute Gasteiger partial charge is 0.341 e. The fourth-order valence-electron chi connectivity index (χ4n) is 2.72. The van der Waals surface area contributed by atoms with E-state index in [1.807, 2.05) is 60.7 Å². The summed E-state index contributed by atoms with van der Waals surface area (Å²) in [6.07, 6.45) is 0.0879. The maximum atomic E-state index is 12.4. The molecule has 1 amide bonds. The Labute approximate surface area is 168 Å². The Kier molecular flexibility index (Phi) is 6.73. The highest BCUT2D eigenvalue weighted by molar-refractivity contribution is 6.13. The van der Waals surface area contributed by atoms with E-state index in [0.717, 1.165) is 11.1 Å². The third-order valence-corrected chi connectivity index (χ3v) is 4.01. The second-order valence-electron chi connectivity index (χ2n) is 6.23. The van der Waals surface area contributed by atoms with Crippen LogP contribution in [0.15, 0.2) is 90.0 Å². The number of carbonyl (C=O) groups is 2. The van der Waals surface area contributed by atoms with Crippen LogP contribution in [0.25, 0.3) is 0 Å². The lowest BCUT2D eigenvalue weighted by molar-refractivity contribution is -0.139. The van der Waals surface area contributed by atoms with Gasteiger partial charge in [0.1, 0.15) is 5.75 Å². The van der Waals surface area contributed by atoms with E-state index in [9.17, 15) is 9.59 Å². The van der Waals surface area contributed by atoms with Crippen LogP contribution in [0.5, 0.6) is 5.75 Å². The zero-order valence-corrected chi connectivity index (χ0v) is 15.6. The lowest BCUT2D eigenvalue weighted by Crippen LogP contribution is -2.22. The number of nitrogens with one attached hydrogen (secondary N) is 1. The molecule has 6 heteroatoms. The number of hydrogen-bond donors (Lipinski definition) is 2. The molecule has 0 saturated heterocycles. The van der Waals surface area contributed by atoms with Crippen molar-refractivity contribution in [1.82, 2.24) is 5.43 Å². The Balaban J connectivity index is 1.72. The van der Waals surface area contributed by atoms with Crippen LogP contribution in [-0.4, -0.2) is 29.3 Å². The first-order valence-electron chi connectivity index (χ1n) is 9.03. The number of carboxylic acid groups (broad SMARTS) is 1. The molecule has 0 spiro atoms. The monoisotopic (exact) mass is 388 g/mol. The number of hydrazone groups is 1. The number of hydrogen-bond acceptors (Lipinski definition) is 4. The van der Waals surface area contributed by atoms with Gasteiger partial charge >= 0.3 is 5.97 Å². The van der Waals surface area contributed by atoms with Gasteiger partial charge in [-0.2, -0.15) is 5.10 Å². The summed E-state index contributed by atoms with van der Waals surface area (Å²) < 4.78 is 5.14. The highest BCUT2D eigenvalue weighted by Crippen LogP contribution is 2.14. The van der Waals surface area contributed by atoms with Gasteiger partial charge in [-0.25, -0.2) is 10.2 Å². The fraction of sp³-hybridized carbons (Fsp3) is 0.0870. The third-order valence-electron chi connectivity index (χ3n) is 4.01. The molecule has 0 heterocycles. The first-order chi connectivity index (χ1) is 14.1. The first-order valence-corrected chi connectivity index (χ1v) is 9.03. The van der Waals surface area contributed by atoms with E-state index in [4.69, 9.17) is 9.84 Å². The number of carbonyl (C=O) groups excluding carboxylic acids is 1. The highest BCUT2D eigenvalue weighted by atomic mass is 16.5. The molecule has 3 rings (SSSR count). The van der Waals surface area contributed by atoms with Gasteiger partial charge < -0.3 is 9.84 Å². The van der Waals surface area contributed by atoms with Gasteiger partial charge in [-0.15, -0.1) is 0 Å². The van der Waals surface area contributed by atoms with Gasteiger partial charge in [-0.05, 0) is 17.7 Å². The van der Waals surface area contributed by atoms with Crippen molar-refractivity contribution < 1.29 is 19.4 Å². The van der Waals surface area contributed by atoms with E-state index in [2.05, 4.69) is 10.5 Å². The molecule has 2 N–H and O–H groups in total. The average molecular weight is 388 g/mol. The molecule has 0 aromatic heterocycles. The molecule has 29 heavy (non-hydrogen) atoms. The molecular formula is C23H20N2O4. The van der Waals surface area contributed by atoms with Gasteiger partial charge in [-0.3, -0.25) is 4.79 Å². The third kappa shape index (κ3) is 6.04. The molecule has 0 bridgehead atoms. The molecule has 0 unspecified atom stereocenters. The normalized spacial score (nSPS) is 10.1. The first kappa shape index (κ1) is 19.8. The van der Waals surface area contributed by atoms with Gasteiger partial charge in [-0.1, -0.05) is 72.8 Å². The molecular weight excluding hydrogens is 368 g/mol. The van der Waals surface area contributed by atoms with E-state index in [1.54, 1.807) is 24.3 Å². The summed E-state index contributed by atoms with van der Waals surface area (Å²) in [5.41, 5.74) is 5.76. The Bertz CT molecular complexity index is 960. The summed E-state index contributed by atoms with van der Waals surface area (Å²) in [6.45, 7) is -0.433. The van der Waals surface area contributed by atoms with Gasteiger partial charge in [0.2, 0.25) is 5.91 Å². The van der Waals surface area contributed by atoms with Crippen molar-refractivity contribution in [2.75, 3.05) is 6.61 Å². The molecule has 0 fully saturated rings. The molecule has 0 aliphatic rings. The maximum absolute atomic E-state index is 12.4. The van der Waals surface area contributed by atoms with Crippen LogP contribution in [0.2, 0.25) is 0 Å². The minimum Gasteiger partial charge on any atom is -0.482 e. The van der Waals surface area contributed by atoms with E-state index in [0.29, 0.717) is 17.0 Å². The number of aliphatic carboxylic acids is 1. The maximum Gasteiger partial charge on any atom is 0.341 e. The van der Waals surface area contributed by atoms with Crippen molar-refractivity contribution in [3.05, 3.63) is 102 Å². The largest absolute Gasteiger partial charge is 0.482 e. The van der Waals surface area contributed by atoms with E-state index >= 15 is 0 Å². The van der Waals surface area contributed by atoms with Crippen molar-refractivity contribution in [3.8, 4) is 5.75 Å². The lowest BCUT2D eigenvalue weighted by Gasteiger charge is -2.09. The van der Waals surface area contributed by atoms with E-state index in [-0.39, 0.29) is 12.3 Å². The van der Waals surface area contributed by atoms with Crippen molar-refractivity contribution in [1.29, 1.82) is 0 Å². The minimum atomic E-state index is -1.06. The van der Waals surface area contributed by atoms with Crippen LogP contribution in [0.1, 0.15) is 16.7 Å². The van der Waals surface area contributed by atoms with Crippen LogP contribution >= 0.6 is 0 Å². The van der Waals surface area contributed by atoms with E-state index < -0.39 is 12.6 Å². The highest BCUT2D eigenvalue weighted by Gasteiger charge is 2.09. The van der Waals surface area contributed by atoms with Gasteiger partial charge in [0.15, 0.2) is 6.61 Å². The summed E-state index contributed by atoms with van der Waals surface area (Å²) >= 11 is 0. The van der Waals surface area contributed by atoms with Gasteiger partial charge in [0, 0.05) is 11.1 Å². The molecule has 3 aromatic carbocycles.